The van der Waals surface area contributed by atoms with Crippen molar-refractivity contribution < 1.29 is 27.2 Å². The van der Waals surface area contributed by atoms with Crippen LogP contribution in [0.4, 0.5) is 24.5 Å². The molecule has 12 heteroatoms. The van der Waals surface area contributed by atoms with E-state index in [4.69, 9.17) is 4.42 Å². The van der Waals surface area contributed by atoms with Crippen LogP contribution in [0.1, 0.15) is 12.2 Å². The average molecular weight is 491 g/mol. The number of fused-ring (bicyclic) bond motifs is 1. The predicted molar refractivity (Wildman–Crippen MR) is 120 cm³/mol. The number of carbonyl (C=O) groups excluding carboxylic acids is 2. The van der Waals surface area contributed by atoms with Crippen molar-refractivity contribution in [2.24, 2.45) is 0 Å². The molecule has 0 fully saturated rings. The van der Waals surface area contributed by atoms with Crippen LogP contribution in [0, 0.1) is 6.92 Å². The number of rotatable bonds is 6. The first-order valence-corrected chi connectivity index (χ1v) is 11.2. The number of hydrogen-bond donors (Lipinski definition) is 1. The van der Waals surface area contributed by atoms with E-state index in [1.54, 1.807) is 29.7 Å². The van der Waals surface area contributed by atoms with Crippen LogP contribution in [0.5, 0.6) is 0 Å². The van der Waals surface area contributed by atoms with E-state index in [1.165, 1.54) is 24.5 Å². The maximum absolute atomic E-state index is 13.9. The molecular weight excluding hydrogens is 471 g/mol. The van der Waals surface area contributed by atoms with Gasteiger partial charge in [-0.2, -0.15) is 13.2 Å². The van der Waals surface area contributed by atoms with E-state index < -0.39 is 30.5 Å². The van der Waals surface area contributed by atoms with Crippen molar-refractivity contribution in [1.82, 2.24) is 14.8 Å². The molecule has 178 valence electrons. The number of thioether (sulfide) groups is 1. The topological polar surface area (TPSA) is 93.3 Å². The molecule has 1 aliphatic heterocycles. The highest BCUT2D eigenvalue weighted by molar-refractivity contribution is 7.99. The van der Waals surface area contributed by atoms with Gasteiger partial charge in [0.1, 0.15) is 11.8 Å². The van der Waals surface area contributed by atoms with Gasteiger partial charge in [-0.25, -0.2) is 0 Å². The van der Waals surface area contributed by atoms with Gasteiger partial charge < -0.3 is 9.73 Å². The van der Waals surface area contributed by atoms with Crippen LogP contribution in [0.25, 0.3) is 11.4 Å². The Hall–Kier alpha value is -3.54. The molecule has 1 aromatic carbocycles. The summed E-state index contributed by atoms with van der Waals surface area (Å²) in [5, 5.41) is 11.1. The number of aromatic nitrogens is 3. The molecule has 1 aliphatic rings. The number of alkyl halides is 3. The van der Waals surface area contributed by atoms with Crippen LogP contribution in [0.2, 0.25) is 0 Å². The van der Waals surface area contributed by atoms with Crippen molar-refractivity contribution in [3.05, 3.63) is 55.0 Å². The highest BCUT2D eigenvalue weighted by atomic mass is 32.2. The third-order valence-electron chi connectivity index (χ3n) is 5.23. The lowest BCUT2D eigenvalue weighted by atomic mass is 10.1. The molecule has 0 bridgehead atoms. The lowest BCUT2D eigenvalue weighted by Crippen LogP contribution is -2.50. The van der Waals surface area contributed by atoms with Crippen LogP contribution in [-0.4, -0.2) is 44.5 Å². The maximum Gasteiger partial charge on any atom is 0.409 e. The van der Waals surface area contributed by atoms with Gasteiger partial charge in [0, 0.05) is 6.54 Å². The number of amides is 2. The third-order valence-corrected chi connectivity index (χ3v) is 6.18. The summed E-state index contributed by atoms with van der Waals surface area (Å²) >= 11 is 0.955. The number of furan rings is 1. The lowest BCUT2D eigenvalue weighted by molar-refractivity contribution is -0.157. The second-order valence-electron chi connectivity index (χ2n) is 7.48. The summed E-state index contributed by atoms with van der Waals surface area (Å²) in [5.74, 6) is -0.871. The molecular formula is C22H20F3N5O3S. The molecule has 34 heavy (non-hydrogen) atoms. The fraction of sp³-hybridized carbons (Fsp3) is 0.273. The van der Waals surface area contributed by atoms with Gasteiger partial charge in [-0.15, -0.1) is 16.8 Å². The van der Waals surface area contributed by atoms with Crippen LogP contribution in [0.3, 0.4) is 0 Å². The Morgan fingerprint density at radius 3 is 2.76 bits per heavy atom. The number of carbonyl (C=O) groups is 2. The van der Waals surface area contributed by atoms with Gasteiger partial charge in [-0.3, -0.25) is 19.1 Å². The van der Waals surface area contributed by atoms with E-state index in [-0.39, 0.29) is 17.1 Å². The quantitative estimate of drug-likeness (QED) is 0.405. The molecule has 1 unspecified atom stereocenters. The monoisotopic (exact) mass is 491 g/mol. The first kappa shape index (κ1) is 23.6. The molecule has 1 atom stereocenters. The van der Waals surface area contributed by atoms with Crippen LogP contribution >= 0.6 is 11.8 Å². The van der Waals surface area contributed by atoms with Gasteiger partial charge in [0.2, 0.25) is 11.8 Å². The van der Waals surface area contributed by atoms with E-state index in [1.807, 2.05) is 0 Å². The molecule has 2 amide bonds. The van der Waals surface area contributed by atoms with E-state index >= 15 is 0 Å². The Morgan fingerprint density at radius 2 is 2.09 bits per heavy atom. The first-order valence-electron chi connectivity index (χ1n) is 10.2. The second kappa shape index (κ2) is 9.37. The number of benzene rings is 1. The van der Waals surface area contributed by atoms with Crippen molar-refractivity contribution in [2.45, 2.75) is 37.3 Å². The Labute approximate surface area is 196 Å². The largest absolute Gasteiger partial charge is 0.469 e. The molecule has 8 nitrogen and oxygen atoms in total. The van der Waals surface area contributed by atoms with Crippen LogP contribution in [-0.2, 0) is 16.1 Å². The normalized spacial score (nSPS) is 16.1. The number of nitrogens with zero attached hydrogens (tertiary/aromatic N) is 4. The SMILES string of the molecule is C=CCn1c(SCC(=O)N2c3ccccc3NC(=O)CC2C(F)(F)F)nnc1-c1ccoc1C. The van der Waals surface area contributed by atoms with Crippen LogP contribution < -0.4 is 10.2 Å². The van der Waals surface area contributed by atoms with E-state index in [2.05, 4.69) is 22.1 Å². The lowest BCUT2D eigenvalue weighted by Gasteiger charge is -2.31. The Bertz CT molecular complexity index is 1240. The summed E-state index contributed by atoms with van der Waals surface area (Å²) in [6.07, 6.45) is -2.57. The van der Waals surface area contributed by atoms with Crippen LogP contribution in [0.15, 0.2) is 58.8 Å². The standard InChI is InChI=1S/C22H20F3N5O3S/c1-3-9-29-20(14-8-10-33-13(14)2)27-28-21(29)34-12-19(32)30-16-7-5-4-6-15(16)26-18(31)11-17(30)22(23,24)25/h3-8,10,17H,1,9,11-12H2,2H3,(H,26,31). The van der Waals surface area contributed by atoms with Gasteiger partial charge in [-0.05, 0) is 25.1 Å². The van der Waals surface area contributed by atoms with E-state index in [0.717, 1.165) is 11.8 Å². The van der Waals surface area contributed by atoms with Crippen molar-refractivity contribution in [2.75, 3.05) is 16.0 Å². The van der Waals surface area contributed by atoms with Gasteiger partial charge >= 0.3 is 6.18 Å². The summed E-state index contributed by atoms with van der Waals surface area (Å²) in [7, 11) is 0. The highest BCUT2D eigenvalue weighted by Gasteiger charge is 2.49. The van der Waals surface area contributed by atoms with Gasteiger partial charge in [0.05, 0.1) is 35.4 Å². The molecule has 0 spiro atoms. The summed E-state index contributed by atoms with van der Waals surface area (Å²) in [6.45, 7) is 5.81. The number of anilines is 2. The number of aryl methyl sites for hydroxylation is 1. The van der Waals surface area contributed by atoms with E-state index in [0.29, 0.717) is 33.7 Å². The summed E-state index contributed by atoms with van der Waals surface area (Å²) in [6, 6.07) is 5.35. The Balaban J connectivity index is 1.64. The van der Waals surface area contributed by atoms with Gasteiger partial charge in [0.25, 0.3) is 0 Å². The van der Waals surface area contributed by atoms with Crippen molar-refractivity contribution in [3.63, 3.8) is 0 Å². The fourth-order valence-electron chi connectivity index (χ4n) is 3.70. The fourth-order valence-corrected chi connectivity index (χ4v) is 4.50. The van der Waals surface area contributed by atoms with Crippen molar-refractivity contribution in [1.29, 1.82) is 0 Å². The smallest absolute Gasteiger partial charge is 0.409 e. The molecule has 3 heterocycles. The Morgan fingerprint density at radius 1 is 1.32 bits per heavy atom. The van der Waals surface area contributed by atoms with Crippen molar-refractivity contribution >= 4 is 35.0 Å². The average Bonchev–Trinajstić information content (AvgIpc) is 3.33. The summed E-state index contributed by atoms with van der Waals surface area (Å²) < 4.78 is 48.7. The third kappa shape index (κ3) is 4.58. The molecule has 0 aliphatic carbocycles. The molecule has 0 radical (unpaired) electrons. The number of para-hydroxylation sites is 2. The molecule has 2 aromatic heterocycles. The molecule has 0 saturated heterocycles. The molecule has 0 saturated carbocycles. The Kier molecular flexibility index (Phi) is 6.51. The van der Waals surface area contributed by atoms with Gasteiger partial charge in [0.15, 0.2) is 11.0 Å². The molecule has 4 rings (SSSR count). The minimum Gasteiger partial charge on any atom is -0.469 e. The number of allylic oxidation sites excluding steroid dienone is 1. The predicted octanol–water partition coefficient (Wildman–Crippen LogP) is 4.43. The zero-order valence-electron chi connectivity index (χ0n) is 18.0. The summed E-state index contributed by atoms with van der Waals surface area (Å²) in [4.78, 5) is 25.9. The molecule has 1 N–H and O–H groups in total. The minimum absolute atomic E-state index is 0.0106. The maximum atomic E-state index is 13.9. The van der Waals surface area contributed by atoms with Crippen molar-refractivity contribution in [3.8, 4) is 11.4 Å². The number of nitrogens with one attached hydrogen (secondary N) is 1. The number of halogens is 3. The number of hydrogen-bond acceptors (Lipinski definition) is 6. The summed E-state index contributed by atoms with van der Waals surface area (Å²) in [5.41, 5.74) is 0.837. The molecule has 3 aromatic rings. The van der Waals surface area contributed by atoms with Gasteiger partial charge in [-0.1, -0.05) is 30.0 Å². The highest BCUT2D eigenvalue weighted by Crippen LogP contribution is 2.38. The van der Waals surface area contributed by atoms with E-state index in [9.17, 15) is 22.8 Å². The zero-order chi connectivity index (χ0) is 24.5. The minimum atomic E-state index is -4.80. The second-order valence-corrected chi connectivity index (χ2v) is 8.42. The first-order chi connectivity index (χ1) is 16.2. The zero-order valence-corrected chi connectivity index (χ0v) is 18.8.